The van der Waals surface area contributed by atoms with Gasteiger partial charge in [-0.05, 0) is 37.0 Å². The van der Waals surface area contributed by atoms with E-state index in [2.05, 4.69) is 9.88 Å². The van der Waals surface area contributed by atoms with Crippen LogP contribution in [0.15, 0.2) is 6.20 Å². The molecule has 0 aliphatic carbocycles. The van der Waals surface area contributed by atoms with E-state index in [4.69, 9.17) is 0 Å². The lowest BCUT2D eigenvalue weighted by Crippen LogP contribution is -2.36. The van der Waals surface area contributed by atoms with Crippen LogP contribution in [-0.2, 0) is 0 Å². The fourth-order valence-corrected chi connectivity index (χ4v) is 2.84. The largest absolute Gasteiger partial charge is 0.393 e. The standard InChI is InChI=1S/C10H15N3O3S/c1-7(14)8-2-4-12(5-3-8)10-11-6-9(17-10)13(15)16/h6-8,14H,2-5H2,1H3. The van der Waals surface area contributed by atoms with Crippen molar-refractivity contribution in [1.29, 1.82) is 0 Å². The summed E-state index contributed by atoms with van der Waals surface area (Å²) >= 11 is 1.11. The number of piperidine rings is 1. The third-order valence-electron chi connectivity index (χ3n) is 3.15. The number of aliphatic hydroxyl groups excluding tert-OH is 1. The van der Waals surface area contributed by atoms with Crippen molar-refractivity contribution in [3.05, 3.63) is 16.3 Å². The predicted octanol–water partition coefficient (Wildman–Crippen LogP) is 1.65. The minimum atomic E-state index is -0.413. The maximum atomic E-state index is 10.6. The van der Waals surface area contributed by atoms with Gasteiger partial charge < -0.3 is 10.0 Å². The molecule has 6 nitrogen and oxygen atoms in total. The van der Waals surface area contributed by atoms with Gasteiger partial charge in [0.2, 0.25) is 0 Å². The fraction of sp³-hybridized carbons (Fsp3) is 0.700. The van der Waals surface area contributed by atoms with Crippen LogP contribution in [-0.4, -0.2) is 34.2 Å². The van der Waals surface area contributed by atoms with Gasteiger partial charge in [-0.15, -0.1) is 0 Å². The lowest BCUT2D eigenvalue weighted by atomic mass is 9.92. The molecule has 2 heterocycles. The van der Waals surface area contributed by atoms with Crippen LogP contribution in [0.4, 0.5) is 10.1 Å². The number of rotatable bonds is 3. The monoisotopic (exact) mass is 257 g/mol. The Kier molecular flexibility index (Phi) is 3.58. The molecule has 1 aliphatic rings. The number of hydrogen-bond acceptors (Lipinski definition) is 6. The first-order valence-corrected chi connectivity index (χ1v) is 6.43. The van der Waals surface area contributed by atoms with Gasteiger partial charge >= 0.3 is 5.00 Å². The topological polar surface area (TPSA) is 79.5 Å². The number of aliphatic hydroxyl groups is 1. The van der Waals surface area contributed by atoms with Crippen molar-refractivity contribution in [3.8, 4) is 0 Å². The van der Waals surface area contributed by atoms with E-state index in [0.29, 0.717) is 11.0 Å². The maximum Gasteiger partial charge on any atom is 0.345 e. The smallest absolute Gasteiger partial charge is 0.345 e. The number of aromatic nitrogens is 1. The molecule has 0 saturated carbocycles. The van der Waals surface area contributed by atoms with Crippen molar-refractivity contribution in [1.82, 2.24) is 4.98 Å². The van der Waals surface area contributed by atoms with Crippen molar-refractivity contribution >= 4 is 21.5 Å². The van der Waals surface area contributed by atoms with Gasteiger partial charge in [-0.25, -0.2) is 4.98 Å². The second-order valence-corrected chi connectivity index (χ2v) is 5.29. The highest BCUT2D eigenvalue weighted by Gasteiger charge is 2.25. The molecule has 2 rings (SSSR count). The minimum Gasteiger partial charge on any atom is -0.393 e. The highest BCUT2D eigenvalue weighted by Crippen LogP contribution is 2.31. The van der Waals surface area contributed by atoms with Crippen molar-refractivity contribution in [2.45, 2.75) is 25.9 Å². The van der Waals surface area contributed by atoms with Gasteiger partial charge in [-0.3, -0.25) is 10.1 Å². The summed E-state index contributed by atoms with van der Waals surface area (Å²) in [7, 11) is 0. The second kappa shape index (κ2) is 4.97. The summed E-state index contributed by atoms with van der Waals surface area (Å²) in [6.07, 6.45) is 2.85. The average molecular weight is 257 g/mol. The molecule has 1 aliphatic heterocycles. The number of hydrogen-bond donors (Lipinski definition) is 1. The summed E-state index contributed by atoms with van der Waals surface area (Å²) in [5.41, 5.74) is 0. The Labute approximate surface area is 103 Å². The van der Waals surface area contributed by atoms with Crippen molar-refractivity contribution in [3.63, 3.8) is 0 Å². The first-order valence-electron chi connectivity index (χ1n) is 5.61. The Morgan fingerprint density at radius 1 is 1.65 bits per heavy atom. The highest BCUT2D eigenvalue weighted by molar-refractivity contribution is 7.18. The van der Waals surface area contributed by atoms with Crippen LogP contribution in [0.3, 0.4) is 0 Å². The lowest BCUT2D eigenvalue weighted by Gasteiger charge is -2.32. The fourth-order valence-electron chi connectivity index (χ4n) is 2.06. The molecule has 1 saturated heterocycles. The normalized spacial score (nSPS) is 19.3. The Morgan fingerprint density at radius 2 is 2.29 bits per heavy atom. The molecular weight excluding hydrogens is 242 g/mol. The van der Waals surface area contributed by atoms with Crippen LogP contribution >= 0.6 is 11.3 Å². The Morgan fingerprint density at radius 3 is 2.76 bits per heavy atom. The van der Waals surface area contributed by atoms with E-state index >= 15 is 0 Å². The molecule has 0 bridgehead atoms. The Bertz CT molecular complexity index is 399. The van der Waals surface area contributed by atoms with E-state index in [0.717, 1.165) is 37.3 Å². The second-order valence-electron chi connectivity index (χ2n) is 4.30. The van der Waals surface area contributed by atoms with Crippen LogP contribution in [0, 0.1) is 16.0 Å². The number of anilines is 1. The molecule has 17 heavy (non-hydrogen) atoms. The molecule has 1 fully saturated rings. The van der Waals surface area contributed by atoms with Gasteiger partial charge in [0.05, 0.1) is 11.0 Å². The Hall–Kier alpha value is -1.21. The summed E-state index contributed by atoms with van der Waals surface area (Å²) in [4.78, 5) is 16.3. The van der Waals surface area contributed by atoms with Crippen molar-refractivity contribution < 1.29 is 10.0 Å². The zero-order chi connectivity index (χ0) is 12.4. The number of nitrogens with zero attached hydrogens (tertiary/aromatic N) is 3. The highest BCUT2D eigenvalue weighted by atomic mass is 32.1. The number of thiazole rings is 1. The quantitative estimate of drug-likeness (QED) is 0.658. The van der Waals surface area contributed by atoms with Gasteiger partial charge in [0.1, 0.15) is 6.20 Å². The first kappa shape index (κ1) is 12.3. The molecule has 1 N–H and O–H groups in total. The third kappa shape index (κ3) is 2.73. The first-order chi connectivity index (χ1) is 8.08. The van der Waals surface area contributed by atoms with Crippen LogP contribution in [0.1, 0.15) is 19.8 Å². The van der Waals surface area contributed by atoms with Gasteiger partial charge in [0.25, 0.3) is 0 Å². The van der Waals surface area contributed by atoms with E-state index in [-0.39, 0.29) is 11.1 Å². The zero-order valence-electron chi connectivity index (χ0n) is 9.57. The van der Waals surface area contributed by atoms with Crippen molar-refractivity contribution in [2.24, 2.45) is 5.92 Å². The summed E-state index contributed by atoms with van der Waals surface area (Å²) in [5, 5.41) is 20.8. The maximum absolute atomic E-state index is 10.6. The summed E-state index contributed by atoms with van der Waals surface area (Å²) < 4.78 is 0. The van der Waals surface area contributed by atoms with E-state index in [1.807, 2.05) is 6.92 Å². The van der Waals surface area contributed by atoms with Crippen LogP contribution in [0.5, 0.6) is 0 Å². The summed E-state index contributed by atoms with van der Waals surface area (Å²) in [6.45, 7) is 3.43. The third-order valence-corrected chi connectivity index (χ3v) is 4.16. The SMILES string of the molecule is CC(O)C1CCN(c2ncc([N+](=O)[O-])s2)CC1. The van der Waals surface area contributed by atoms with E-state index in [1.165, 1.54) is 6.20 Å². The molecule has 0 radical (unpaired) electrons. The molecule has 1 aromatic heterocycles. The van der Waals surface area contributed by atoms with Gasteiger partial charge in [0, 0.05) is 13.1 Å². The lowest BCUT2D eigenvalue weighted by molar-refractivity contribution is -0.380. The molecule has 0 amide bonds. The molecule has 1 unspecified atom stereocenters. The van der Waals surface area contributed by atoms with E-state index in [1.54, 1.807) is 0 Å². The molecule has 1 atom stereocenters. The molecule has 1 aromatic rings. The van der Waals surface area contributed by atoms with Crippen molar-refractivity contribution in [2.75, 3.05) is 18.0 Å². The summed E-state index contributed by atoms with van der Waals surface area (Å²) in [6, 6.07) is 0. The molecule has 0 spiro atoms. The average Bonchev–Trinajstić information content (AvgIpc) is 2.78. The number of nitro groups is 1. The summed E-state index contributed by atoms with van der Waals surface area (Å²) in [5.74, 6) is 0.334. The molecule has 94 valence electrons. The molecular formula is C10H15N3O3S. The zero-order valence-corrected chi connectivity index (χ0v) is 10.4. The van der Waals surface area contributed by atoms with Gasteiger partial charge in [-0.1, -0.05) is 0 Å². The minimum absolute atomic E-state index is 0.0812. The van der Waals surface area contributed by atoms with E-state index < -0.39 is 4.92 Å². The Balaban J connectivity index is 1.98. The van der Waals surface area contributed by atoms with Crippen LogP contribution < -0.4 is 4.90 Å². The van der Waals surface area contributed by atoms with Crippen LogP contribution in [0.25, 0.3) is 0 Å². The molecule has 0 aromatic carbocycles. The van der Waals surface area contributed by atoms with E-state index in [9.17, 15) is 15.2 Å². The van der Waals surface area contributed by atoms with Gasteiger partial charge in [-0.2, -0.15) is 0 Å². The van der Waals surface area contributed by atoms with Crippen LogP contribution in [0.2, 0.25) is 0 Å². The predicted molar refractivity (Wildman–Crippen MR) is 65.4 cm³/mol. The van der Waals surface area contributed by atoms with Gasteiger partial charge in [0.15, 0.2) is 5.13 Å². The molecule has 7 heteroatoms.